The molecule has 4 atom stereocenters. The summed E-state index contributed by atoms with van der Waals surface area (Å²) in [5.74, 6) is 0. The Morgan fingerprint density at radius 1 is 1.38 bits per heavy atom. The Bertz CT molecular complexity index is 827. The first-order chi connectivity index (χ1) is 10.8. The molecule has 1 aliphatic heterocycles. The van der Waals surface area contributed by atoms with Crippen LogP contribution in [-0.2, 0) is 13.8 Å². The zero-order valence-electron chi connectivity index (χ0n) is 13.4. The average molecular weight is 372 g/mol. The molecule has 12 nitrogen and oxygen atoms in total. The molecular weight excluding hydrogens is 358 g/mol. The summed E-state index contributed by atoms with van der Waals surface area (Å²) in [5.41, 5.74) is -0.336. The van der Waals surface area contributed by atoms with E-state index in [4.69, 9.17) is 14.5 Å². The van der Waals surface area contributed by atoms with E-state index < -0.39 is 44.5 Å². The smallest absolute Gasteiger partial charge is 1.00 e. The number of aromatic nitrogens is 4. The van der Waals surface area contributed by atoms with Gasteiger partial charge in [-0.25, -0.2) is 14.5 Å². The van der Waals surface area contributed by atoms with Crippen molar-refractivity contribution in [3.05, 3.63) is 23.0 Å². The zero-order chi connectivity index (χ0) is 16.8. The van der Waals surface area contributed by atoms with E-state index in [-0.39, 0.29) is 42.1 Å². The molecule has 5 N–H and O–H groups in total. The third-order valence-electron chi connectivity index (χ3n) is 3.38. The van der Waals surface area contributed by atoms with Crippen LogP contribution < -0.4 is 35.1 Å². The van der Waals surface area contributed by atoms with Crippen LogP contribution in [0.1, 0.15) is 7.65 Å². The Labute approximate surface area is 157 Å². The van der Waals surface area contributed by atoms with Gasteiger partial charge in [-0.3, -0.25) is 13.9 Å². The Hall–Kier alpha value is -0.660. The Morgan fingerprint density at radius 3 is 2.75 bits per heavy atom. The van der Waals surface area contributed by atoms with Crippen molar-refractivity contribution in [1.82, 2.24) is 19.5 Å². The first-order valence-corrected chi connectivity index (χ1v) is 7.93. The number of rotatable bonds is 4. The Balaban J connectivity index is 0.00000156. The van der Waals surface area contributed by atoms with E-state index >= 15 is 0 Å². The summed E-state index contributed by atoms with van der Waals surface area (Å²) in [5, 5.41) is 20.0. The number of ether oxygens (including phenoxy) is 1. The Morgan fingerprint density at radius 2 is 2.08 bits per heavy atom. The number of hydrogen-bond acceptors (Lipinski definition) is 8. The van der Waals surface area contributed by atoms with E-state index in [0.29, 0.717) is 0 Å². The summed E-state index contributed by atoms with van der Waals surface area (Å²) in [6, 6.07) is 0. The van der Waals surface area contributed by atoms with Crippen molar-refractivity contribution in [2.45, 2.75) is 24.5 Å². The number of nitrogens with one attached hydrogen (secondary N) is 1. The fourth-order valence-corrected chi connectivity index (χ4v) is 2.66. The SMILES string of the molecule is O=c1[nH]cnc2c1ncn2[C@@H]1O[C@H](COP(=O)(O)O)C(O)C1O.[H-].[Na+]. The third-order valence-corrected chi connectivity index (χ3v) is 3.87. The molecule has 3 rings (SSSR count). The van der Waals surface area contributed by atoms with Crippen LogP contribution in [0.4, 0.5) is 0 Å². The Kier molecular flexibility index (Phi) is 5.98. The van der Waals surface area contributed by atoms with Crippen molar-refractivity contribution in [3.8, 4) is 0 Å². The molecule has 0 saturated carbocycles. The maximum absolute atomic E-state index is 11.6. The number of aromatic amines is 1. The van der Waals surface area contributed by atoms with Crippen LogP contribution in [0.2, 0.25) is 0 Å². The second-order valence-electron chi connectivity index (χ2n) is 4.89. The quantitative estimate of drug-likeness (QED) is 0.257. The number of aliphatic hydroxyl groups is 2. The van der Waals surface area contributed by atoms with Gasteiger partial charge in [-0.15, -0.1) is 0 Å². The number of phosphoric acid groups is 1. The molecule has 24 heavy (non-hydrogen) atoms. The maximum atomic E-state index is 11.6. The number of hydrogen-bond donors (Lipinski definition) is 5. The molecule has 0 bridgehead atoms. The van der Waals surface area contributed by atoms with E-state index in [1.807, 2.05) is 0 Å². The summed E-state index contributed by atoms with van der Waals surface area (Å²) in [6.45, 7) is -0.625. The van der Waals surface area contributed by atoms with Crippen molar-refractivity contribution in [3.63, 3.8) is 0 Å². The molecule has 0 aromatic carbocycles. The minimum Gasteiger partial charge on any atom is -1.00 e. The molecule has 2 unspecified atom stereocenters. The largest absolute Gasteiger partial charge is 1.00 e. The minimum atomic E-state index is -4.74. The summed E-state index contributed by atoms with van der Waals surface area (Å²) >= 11 is 0. The van der Waals surface area contributed by atoms with Crippen LogP contribution in [-0.4, -0.2) is 64.4 Å². The van der Waals surface area contributed by atoms with Crippen LogP contribution in [0.25, 0.3) is 11.2 Å². The van der Waals surface area contributed by atoms with Gasteiger partial charge in [-0.1, -0.05) is 0 Å². The molecule has 0 spiro atoms. The predicted molar refractivity (Wildman–Crippen MR) is 73.2 cm³/mol. The fraction of sp³-hybridized carbons (Fsp3) is 0.500. The molecular formula is C10H14N4NaO8P. The van der Waals surface area contributed by atoms with Crippen LogP contribution in [0.3, 0.4) is 0 Å². The fourth-order valence-electron chi connectivity index (χ4n) is 2.32. The van der Waals surface area contributed by atoms with Crippen molar-refractivity contribution in [2.75, 3.05) is 6.61 Å². The van der Waals surface area contributed by atoms with Crippen LogP contribution in [0, 0.1) is 0 Å². The van der Waals surface area contributed by atoms with Crippen LogP contribution in [0.15, 0.2) is 17.4 Å². The number of imidazole rings is 1. The van der Waals surface area contributed by atoms with E-state index in [9.17, 15) is 19.6 Å². The summed E-state index contributed by atoms with van der Waals surface area (Å²) < 4.78 is 21.6. The number of phosphoric ester groups is 1. The topological polar surface area (TPSA) is 180 Å². The summed E-state index contributed by atoms with van der Waals surface area (Å²) in [6.07, 6.45) is -2.85. The monoisotopic (exact) mass is 372 g/mol. The molecule has 3 heterocycles. The van der Waals surface area contributed by atoms with Gasteiger partial charge in [0.2, 0.25) is 0 Å². The number of H-pyrrole nitrogens is 1. The second-order valence-corrected chi connectivity index (χ2v) is 6.13. The first-order valence-electron chi connectivity index (χ1n) is 6.40. The third kappa shape index (κ3) is 3.78. The van der Waals surface area contributed by atoms with E-state index in [1.54, 1.807) is 0 Å². The molecule has 1 saturated heterocycles. The maximum Gasteiger partial charge on any atom is 1.00 e. The first kappa shape index (κ1) is 19.7. The van der Waals surface area contributed by atoms with Gasteiger partial charge in [0, 0.05) is 0 Å². The van der Waals surface area contributed by atoms with E-state index in [0.717, 1.165) is 6.33 Å². The standard InChI is InChI=1S/C10H13N4O8P.Na.H/c15-6-4(1-21-23(18,19)20)22-10(7(6)16)14-3-13-5-8(14)11-2-12-9(5)17;;/h2-4,6-7,10,15-16H,1H2,(H,11,12,17)(H2,18,19,20);;/q;+1;-1/t4-,6?,7?,10-;;/m1../s1. The van der Waals surface area contributed by atoms with Gasteiger partial charge in [0.05, 0.1) is 19.3 Å². The number of fused-ring (bicyclic) bond motifs is 1. The molecule has 0 amide bonds. The molecule has 0 radical (unpaired) electrons. The summed E-state index contributed by atoms with van der Waals surface area (Å²) in [4.78, 5) is 39.1. The molecule has 1 aliphatic rings. The molecule has 128 valence electrons. The van der Waals surface area contributed by atoms with Gasteiger partial charge in [-0.2, -0.15) is 0 Å². The average Bonchev–Trinajstić information content (AvgIpc) is 3.01. The zero-order valence-corrected chi connectivity index (χ0v) is 15.3. The second kappa shape index (κ2) is 7.30. The van der Waals surface area contributed by atoms with Crippen molar-refractivity contribution < 1.29 is 64.8 Å². The normalized spacial score (nSPS) is 27.3. The minimum absolute atomic E-state index is 0. The van der Waals surface area contributed by atoms with Crippen molar-refractivity contribution in [1.29, 1.82) is 0 Å². The molecule has 2 aromatic rings. The summed E-state index contributed by atoms with van der Waals surface area (Å²) in [7, 11) is -4.74. The van der Waals surface area contributed by atoms with E-state index in [2.05, 4.69) is 19.5 Å². The van der Waals surface area contributed by atoms with Crippen LogP contribution in [0.5, 0.6) is 0 Å². The van der Waals surface area contributed by atoms with Crippen molar-refractivity contribution in [2.24, 2.45) is 0 Å². The van der Waals surface area contributed by atoms with Crippen molar-refractivity contribution >= 4 is 19.0 Å². The van der Waals surface area contributed by atoms with Gasteiger partial charge in [0.15, 0.2) is 17.4 Å². The predicted octanol–water partition coefficient (Wildman–Crippen LogP) is -5.04. The van der Waals surface area contributed by atoms with E-state index in [1.165, 1.54) is 10.9 Å². The van der Waals surface area contributed by atoms with Crippen LogP contribution >= 0.6 is 7.82 Å². The molecule has 14 heteroatoms. The van der Waals surface area contributed by atoms with Gasteiger partial charge < -0.3 is 31.1 Å². The van der Waals surface area contributed by atoms with Gasteiger partial charge in [-0.05, 0) is 0 Å². The van der Waals surface area contributed by atoms with Gasteiger partial charge in [0.25, 0.3) is 5.56 Å². The van der Waals surface area contributed by atoms with Gasteiger partial charge >= 0.3 is 37.4 Å². The van der Waals surface area contributed by atoms with Gasteiger partial charge in [0.1, 0.15) is 18.3 Å². The molecule has 1 fully saturated rings. The molecule has 0 aliphatic carbocycles. The number of nitrogens with zero attached hydrogens (tertiary/aromatic N) is 3. The number of aliphatic hydroxyl groups excluding tert-OH is 2. The molecule has 2 aromatic heterocycles.